The summed E-state index contributed by atoms with van der Waals surface area (Å²) in [6.07, 6.45) is 0.247. The molecule has 0 amide bonds. The largest absolute Gasteiger partial charge is 0.491 e. The SMILES string of the molecule is CCCN(Cc1nc2scc(-c3ccc(Cl)cc3)c2c(=O)[nH]1)CC(O)COc1ccccc1C. The standard InChI is InChI=1S/C26H28ClN3O3S/c1-3-12-30(13-20(31)15-33-22-7-5-4-6-17(22)2)14-23-28-25(32)24-21(16-34-26(24)29-23)18-8-10-19(27)11-9-18/h4-11,16,20,31H,3,12-15H2,1-2H3,(H,28,29,32). The van der Waals surface area contributed by atoms with Crippen LogP contribution in [0.2, 0.25) is 5.02 Å². The topological polar surface area (TPSA) is 78.5 Å². The van der Waals surface area contributed by atoms with Crippen LogP contribution >= 0.6 is 22.9 Å². The molecular formula is C26H28ClN3O3S. The lowest BCUT2D eigenvalue weighted by atomic mass is 10.1. The van der Waals surface area contributed by atoms with Gasteiger partial charge in [0.25, 0.3) is 5.56 Å². The fourth-order valence-electron chi connectivity index (χ4n) is 3.93. The Morgan fingerprint density at radius 1 is 1.21 bits per heavy atom. The van der Waals surface area contributed by atoms with Gasteiger partial charge in [0, 0.05) is 22.5 Å². The van der Waals surface area contributed by atoms with Crippen molar-refractivity contribution in [3.63, 3.8) is 0 Å². The van der Waals surface area contributed by atoms with Crippen molar-refractivity contribution in [1.29, 1.82) is 0 Å². The van der Waals surface area contributed by atoms with Crippen molar-refractivity contribution >= 4 is 33.2 Å². The van der Waals surface area contributed by atoms with E-state index in [2.05, 4.69) is 16.8 Å². The minimum absolute atomic E-state index is 0.161. The molecule has 4 rings (SSSR count). The number of aromatic amines is 1. The number of aliphatic hydroxyl groups is 1. The third-order valence-electron chi connectivity index (χ3n) is 5.56. The zero-order valence-electron chi connectivity index (χ0n) is 19.3. The van der Waals surface area contributed by atoms with Crippen LogP contribution in [0.5, 0.6) is 5.75 Å². The number of rotatable bonds is 10. The van der Waals surface area contributed by atoms with E-state index in [1.54, 1.807) is 0 Å². The highest BCUT2D eigenvalue weighted by atomic mass is 35.5. The van der Waals surface area contributed by atoms with Crippen LogP contribution < -0.4 is 10.3 Å². The molecule has 0 radical (unpaired) electrons. The summed E-state index contributed by atoms with van der Waals surface area (Å²) >= 11 is 7.45. The van der Waals surface area contributed by atoms with Crippen molar-refractivity contribution in [2.75, 3.05) is 19.7 Å². The van der Waals surface area contributed by atoms with E-state index in [0.29, 0.717) is 34.2 Å². The van der Waals surface area contributed by atoms with Gasteiger partial charge in [-0.1, -0.05) is 48.9 Å². The first-order valence-electron chi connectivity index (χ1n) is 11.3. The van der Waals surface area contributed by atoms with Gasteiger partial charge in [-0.25, -0.2) is 4.98 Å². The summed E-state index contributed by atoms with van der Waals surface area (Å²) in [7, 11) is 0. The lowest BCUT2D eigenvalue weighted by molar-refractivity contribution is 0.0645. The Morgan fingerprint density at radius 3 is 2.71 bits per heavy atom. The normalized spacial score (nSPS) is 12.4. The molecule has 1 atom stereocenters. The van der Waals surface area contributed by atoms with Crippen LogP contribution in [0.25, 0.3) is 21.3 Å². The highest BCUT2D eigenvalue weighted by molar-refractivity contribution is 7.17. The van der Waals surface area contributed by atoms with Crippen LogP contribution in [0, 0.1) is 6.92 Å². The Hall–Kier alpha value is -2.71. The molecule has 0 spiro atoms. The molecule has 8 heteroatoms. The molecule has 0 aliphatic carbocycles. The van der Waals surface area contributed by atoms with E-state index in [0.717, 1.165) is 35.4 Å². The third kappa shape index (κ3) is 5.85. The average Bonchev–Trinajstić information content (AvgIpc) is 3.24. The number of ether oxygens (including phenoxy) is 1. The number of halogens is 1. The number of aliphatic hydroxyl groups excluding tert-OH is 1. The van der Waals surface area contributed by atoms with Crippen LogP contribution in [-0.2, 0) is 6.54 Å². The van der Waals surface area contributed by atoms with E-state index < -0.39 is 6.10 Å². The van der Waals surface area contributed by atoms with Gasteiger partial charge >= 0.3 is 0 Å². The summed E-state index contributed by atoms with van der Waals surface area (Å²) in [5.41, 5.74) is 2.65. The van der Waals surface area contributed by atoms with Crippen LogP contribution in [0.4, 0.5) is 0 Å². The predicted molar refractivity (Wildman–Crippen MR) is 139 cm³/mol. The molecule has 2 N–H and O–H groups in total. The van der Waals surface area contributed by atoms with Crippen LogP contribution in [0.3, 0.4) is 0 Å². The molecule has 2 aromatic carbocycles. The highest BCUT2D eigenvalue weighted by Crippen LogP contribution is 2.31. The van der Waals surface area contributed by atoms with E-state index >= 15 is 0 Å². The van der Waals surface area contributed by atoms with Crippen LogP contribution in [0.1, 0.15) is 24.7 Å². The number of benzene rings is 2. The van der Waals surface area contributed by atoms with E-state index in [9.17, 15) is 9.90 Å². The fourth-order valence-corrected chi connectivity index (χ4v) is 5.02. The molecule has 6 nitrogen and oxygen atoms in total. The van der Waals surface area contributed by atoms with Crippen molar-refractivity contribution in [3.8, 4) is 16.9 Å². The first kappa shape index (κ1) is 24.4. The van der Waals surface area contributed by atoms with Gasteiger partial charge in [0.1, 0.15) is 29.1 Å². The average molecular weight is 498 g/mol. The molecule has 0 fully saturated rings. The minimum atomic E-state index is -0.667. The molecule has 34 heavy (non-hydrogen) atoms. The molecule has 0 saturated carbocycles. The third-order valence-corrected chi connectivity index (χ3v) is 6.68. The molecular weight excluding hydrogens is 470 g/mol. The number of aromatic nitrogens is 2. The number of thiophene rings is 1. The van der Waals surface area contributed by atoms with Gasteiger partial charge in [-0.15, -0.1) is 11.3 Å². The van der Waals surface area contributed by atoms with Gasteiger partial charge < -0.3 is 14.8 Å². The molecule has 0 aliphatic rings. The van der Waals surface area contributed by atoms with Crippen molar-refractivity contribution in [3.05, 3.63) is 80.7 Å². The molecule has 2 heterocycles. The summed E-state index contributed by atoms with van der Waals surface area (Å²) in [6, 6.07) is 15.2. The fraction of sp³-hybridized carbons (Fsp3) is 0.308. The van der Waals surface area contributed by atoms with E-state index in [1.807, 2.05) is 60.8 Å². The molecule has 2 aromatic heterocycles. The predicted octanol–water partition coefficient (Wildman–Crippen LogP) is 5.27. The second kappa shape index (κ2) is 11.1. The maximum atomic E-state index is 13.0. The maximum absolute atomic E-state index is 13.0. The van der Waals surface area contributed by atoms with Crippen molar-refractivity contribution < 1.29 is 9.84 Å². The molecule has 0 bridgehead atoms. The second-order valence-electron chi connectivity index (χ2n) is 8.31. The molecule has 0 aliphatic heterocycles. The van der Waals surface area contributed by atoms with Crippen molar-refractivity contribution in [2.45, 2.75) is 32.9 Å². The monoisotopic (exact) mass is 497 g/mol. The summed E-state index contributed by atoms with van der Waals surface area (Å²) in [5.74, 6) is 1.36. The van der Waals surface area contributed by atoms with Gasteiger partial charge in [-0.05, 0) is 49.2 Å². The van der Waals surface area contributed by atoms with Gasteiger partial charge in [-0.3, -0.25) is 9.69 Å². The van der Waals surface area contributed by atoms with Gasteiger partial charge in [-0.2, -0.15) is 0 Å². The van der Waals surface area contributed by atoms with E-state index in [-0.39, 0.29) is 12.2 Å². The van der Waals surface area contributed by atoms with Crippen LogP contribution in [0.15, 0.2) is 58.7 Å². The lowest BCUT2D eigenvalue weighted by Crippen LogP contribution is -2.36. The second-order valence-corrected chi connectivity index (χ2v) is 9.61. The first-order chi connectivity index (χ1) is 16.4. The van der Waals surface area contributed by atoms with Gasteiger partial charge in [0.15, 0.2) is 0 Å². The van der Waals surface area contributed by atoms with E-state index in [4.69, 9.17) is 21.3 Å². The van der Waals surface area contributed by atoms with Gasteiger partial charge in [0.05, 0.1) is 11.9 Å². The maximum Gasteiger partial charge on any atom is 0.260 e. The quantitative estimate of drug-likeness (QED) is 0.312. The Balaban J connectivity index is 1.47. The first-order valence-corrected chi connectivity index (χ1v) is 12.6. The Morgan fingerprint density at radius 2 is 1.97 bits per heavy atom. The molecule has 1 unspecified atom stereocenters. The van der Waals surface area contributed by atoms with Crippen molar-refractivity contribution in [1.82, 2.24) is 14.9 Å². The summed E-state index contributed by atoms with van der Waals surface area (Å²) < 4.78 is 5.80. The minimum Gasteiger partial charge on any atom is -0.491 e. The smallest absolute Gasteiger partial charge is 0.260 e. The lowest BCUT2D eigenvalue weighted by Gasteiger charge is -2.24. The van der Waals surface area contributed by atoms with E-state index in [1.165, 1.54) is 11.3 Å². The number of para-hydroxylation sites is 1. The zero-order valence-corrected chi connectivity index (χ0v) is 20.8. The summed E-state index contributed by atoms with van der Waals surface area (Å²) in [6.45, 7) is 5.88. The number of hydrogen-bond acceptors (Lipinski definition) is 6. The number of H-pyrrole nitrogens is 1. The molecule has 178 valence electrons. The Labute approximate surface area is 207 Å². The number of hydrogen-bond donors (Lipinski definition) is 2. The number of nitrogens with one attached hydrogen (secondary N) is 1. The van der Waals surface area contributed by atoms with Gasteiger partial charge in [0.2, 0.25) is 0 Å². The Kier molecular flexibility index (Phi) is 8.00. The Bertz CT molecular complexity index is 1300. The number of aryl methyl sites for hydroxylation is 1. The zero-order chi connectivity index (χ0) is 24.1. The van der Waals surface area contributed by atoms with Crippen LogP contribution in [-0.4, -0.2) is 45.8 Å². The van der Waals surface area contributed by atoms with Crippen molar-refractivity contribution in [2.24, 2.45) is 0 Å². The summed E-state index contributed by atoms with van der Waals surface area (Å²) in [5, 5.41) is 13.8. The number of fused-ring (bicyclic) bond motifs is 1. The summed E-state index contributed by atoms with van der Waals surface area (Å²) in [4.78, 5) is 23.4. The molecule has 4 aromatic rings. The molecule has 0 saturated heterocycles. The highest BCUT2D eigenvalue weighted by Gasteiger charge is 2.17. The number of nitrogens with zero attached hydrogens (tertiary/aromatic N) is 2.